The molecule has 0 saturated carbocycles. The monoisotopic (exact) mass is 280 g/mol. The third-order valence-electron chi connectivity index (χ3n) is 3.62. The number of hydrogen-bond donors (Lipinski definition) is 2. The van der Waals surface area contributed by atoms with Crippen molar-refractivity contribution in [3.05, 3.63) is 11.4 Å². The Morgan fingerprint density at radius 3 is 2.40 bits per heavy atom. The van der Waals surface area contributed by atoms with Gasteiger partial charge >= 0.3 is 0 Å². The molecule has 0 aromatic rings. The topological polar surface area (TPSA) is 51.5 Å². The highest BCUT2D eigenvalue weighted by Crippen LogP contribution is 2.07. The fraction of sp³-hybridized carbons (Fsp3) is 0.750. The van der Waals surface area contributed by atoms with Crippen LogP contribution in [0.1, 0.15) is 47.5 Å². The van der Waals surface area contributed by atoms with E-state index in [9.17, 15) is 0 Å². The summed E-state index contributed by atoms with van der Waals surface area (Å²) in [4.78, 5) is 6.48. The van der Waals surface area contributed by atoms with E-state index in [1.165, 1.54) is 19.4 Å². The van der Waals surface area contributed by atoms with Crippen molar-refractivity contribution in [2.45, 2.75) is 47.5 Å². The maximum Gasteiger partial charge on any atom is 0.129 e. The quantitative estimate of drug-likeness (QED) is 0.571. The van der Waals surface area contributed by atoms with Gasteiger partial charge in [-0.05, 0) is 59.0 Å². The Bertz CT molecular complexity index is 333. The second-order valence-corrected chi connectivity index (χ2v) is 5.47. The standard InChI is InChI=1S/C16H32N4/c1-7-10-20(8-2)11-9-13(3)12-19-16(18-6)14(4)15(5)17/h13,17,19H,6-12H2,1-5H3/b16-14+,17-15?. The number of hydrogen-bond acceptors (Lipinski definition) is 4. The van der Waals surface area contributed by atoms with Crippen molar-refractivity contribution in [3.63, 3.8) is 0 Å². The Morgan fingerprint density at radius 1 is 1.30 bits per heavy atom. The fourth-order valence-corrected chi connectivity index (χ4v) is 2.00. The van der Waals surface area contributed by atoms with Crippen LogP contribution in [0.25, 0.3) is 0 Å². The summed E-state index contributed by atoms with van der Waals surface area (Å²) in [7, 11) is 0. The highest BCUT2D eigenvalue weighted by atomic mass is 15.1. The highest BCUT2D eigenvalue weighted by Gasteiger charge is 2.08. The molecule has 0 aromatic heterocycles. The average molecular weight is 280 g/mol. The number of rotatable bonds is 11. The van der Waals surface area contributed by atoms with Crippen LogP contribution in [0.15, 0.2) is 16.4 Å². The van der Waals surface area contributed by atoms with Crippen LogP contribution < -0.4 is 5.32 Å². The average Bonchev–Trinajstić information content (AvgIpc) is 2.43. The largest absolute Gasteiger partial charge is 0.370 e. The van der Waals surface area contributed by atoms with Gasteiger partial charge in [0, 0.05) is 17.8 Å². The third kappa shape index (κ3) is 7.43. The fourth-order valence-electron chi connectivity index (χ4n) is 2.00. The van der Waals surface area contributed by atoms with Gasteiger partial charge in [-0.25, -0.2) is 4.99 Å². The molecule has 0 aliphatic rings. The molecule has 4 heteroatoms. The normalized spacial score (nSPS) is 13.9. The van der Waals surface area contributed by atoms with Crippen LogP contribution in [-0.2, 0) is 0 Å². The molecule has 0 fully saturated rings. The second-order valence-electron chi connectivity index (χ2n) is 5.47. The van der Waals surface area contributed by atoms with E-state index in [4.69, 9.17) is 5.41 Å². The van der Waals surface area contributed by atoms with Crippen LogP contribution in [-0.4, -0.2) is 43.5 Å². The zero-order valence-electron chi connectivity index (χ0n) is 13.9. The van der Waals surface area contributed by atoms with Crippen LogP contribution in [0.4, 0.5) is 0 Å². The predicted octanol–water partition coefficient (Wildman–Crippen LogP) is 3.31. The van der Waals surface area contributed by atoms with Gasteiger partial charge in [0.2, 0.25) is 0 Å². The zero-order chi connectivity index (χ0) is 15.5. The van der Waals surface area contributed by atoms with Crippen LogP contribution in [0.3, 0.4) is 0 Å². The molecule has 0 bridgehead atoms. The van der Waals surface area contributed by atoms with Gasteiger partial charge < -0.3 is 15.6 Å². The maximum absolute atomic E-state index is 7.64. The second kappa shape index (κ2) is 10.6. The molecule has 0 rings (SSSR count). The lowest BCUT2D eigenvalue weighted by atomic mass is 10.1. The summed E-state index contributed by atoms with van der Waals surface area (Å²) < 4.78 is 0. The Balaban J connectivity index is 4.21. The molecule has 0 spiro atoms. The van der Waals surface area contributed by atoms with Crippen LogP contribution in [0.2, 0.25) is 0 Å². The van der Waals surface area contributed by atoms with Crippen molar-refractivity contribution in [3.8, 4) is 0 Å². The Labute approximate surface area is 124 Å². The van der Waals surface area contributed by atoms with Crippen molar-refractivity contribution in [2.75, 3.05) is 26.2 Å². The number of aliphatic imine (C=N–C) groups is 1. The number of nitrogens with zero attached hydrogens (tertiary/aromatic N) is 2. The van der Waals surface area contributed by atoms with Gasteiger partial charge in [0.1, 0.15) is 5.82 Å². The van der Waals surface area contributed by atoms with E-state index in [0.717, 1.165) is 31.0 Å². The Morgan fingerprint density at radius 2 is 1.95 bits per heavy atom. The highest BCUT2D eigenvalue weighted by molar-refractivity contribution is 5.95. The minimum atomic E-state index is 0.535. The van der Waals surface area contributed by atoms with Crippen LogP contribution in [0.5, 0.6) is 0 Å². The summed E-state index contributed by atoms with van der Waals surface area (Å²) in [5, 5.41) is 11.0. The van der Waals surface area contributed by atoms with E-state index < -0.39 is 0 Å². The van der Waals surface area contributed by atoms with Crippen molar-refractivity contribution in [1.82, 2.24) is 10.2 Å². The summed E-state index contributed by atoms with van der Waals surface area (Å²) in [5.41, 5.74) is 1.40. The molecular weight excluding hydrogens is 248 g/mol. The van der Waals surface area contributed by atoms with Gasteiger partial charge in [-0.3, -0.25) is 0 Å². The molecule has 116 valence electrons. The van der Waals surface area contributed by atoms with Crippen LogP contribution in [0, 0.1) is 11.3 Å². The van der Waals surface area contributed by atoms with E-state index in [1.807, 2.05) is 6.92 Å². The van der Waals surface area contributed by atoms with Crippen molar-refractivity contribution < 1.29 is 0 Å². The van der Waals surface area contributed by atoms with Crippen LogP contribution >= 0.6 is 0 Å². The zero-order valence-corrected chi connectivity index (χ0v) is 13.9. The molecule has 0 radical (unpaired) electrons. The molecule has 0 aliphatic heterocycles. The number of allylic oxidation sites excluding steroid dienone is 1. The van der Waals surface area contributed by atoms with Gasteiger partial charge in [0.05, 0.1) is 0 Å². The van der Waals surface area contributed by atoms with Gasteiger partial charge in [0.15, 0.2) is 0 Å². The molecule has 20 heavy (non-hydrogen) atoms. The summed E-state index contributed by atoms with van der Waals surface area (Å²) >= 11 is 0. The van der Waals surface area contributed by atoms with Gasteiger partial charge in [-0.1, -0.05) is 20.8 Å². The number of nitrogens with one attached hydrogen (secondary N) is 2. The van der Waals surface area contributed by atoms with E-state index in [-0.39, 0.29) is 0 Å². The Kier molecular flexibility index (Phi) is 9.99. The minimum absolute atomic E-state index is 0.535. The van der Waals surface area contributed by atoms with Crippen molar-refractivity contribution in [1.29, 1.82) is 5.41 Å². The van der Waals surface area contributed by atoms with E-state index in [0.29, 0.717) is 11.6 Å². The molecule has 4 nitrogen and oxygen atoms in total. The molecule has 0 aliphatic carbocycles. The molecule has 1 unspecified atom stereocenters. The Hall–Kier alpha value is -1.16. The maximum atomic E-state index is 7.64. The molecular formula is C16H32N4. The lowest BCUT2D eigenvalue weighted by Gasteiger charge is -2.22. The lowest BCUT2D eigenvalue weighted by molar-refractivity contribution is 0.266. The molecule has 2 N–H and O–H groups in total. The van der Waals surface area contributed by atoms with E-state index in [1.54, 1.807) is 6.92 Å². The SMILES string of the molecule is C=N/C(NCC(C)CCN(CC)CCC)=C(/C)C(C)=N. The molecule has 1 atom stereocenters. The third-order valence-corrected chi connectivity index (χ3v) is 3.62. The first-order valence-electron chi connectivity index (χ1n) is 7.65. The lowest BCUT2D eigenvalue weighted by Crippen LogP contribution is -2.29. The predicted molar refractivity (Wildman–Crippen MR) is 89.8 cm³/mol. The van der Waals surface area contributed by atoms with Gasteiger partial charge in [0.25, 0.3) is 0 Å². The summed E-state index contributed by atoms with van der Waals surface area (Å²) in [6, 6.07) is 0. The molecule has 0 heterocycles. The summed E-state index contributed by atoms with van der Waals surface area (Å²) in [6.07, 6.45) is 2.39. The summed E-state index contributed by atoms with van der Waals surface area (Å²) in [6.45, 7) is 18.3. The van der Waals surface area contributed by atoms with Gasteiger partial charge in [-0.2, -0.15) is 0 Å². The molecule has 0 amide bonds. The van der Waals surface area contributed by atoms with E-state index in [2.05, 4.69) is 42.7 Å². The van der Waals surface area contributed by atoms with Crippen molar-refractivity contribution >= 4 is 12.4 Å². The molecule has 0 saturated heterocycles. The van der Waals surface area contributed by atoms with Gasteiger partial charge in [-0.15, -0.1) is 0 Å². The first-order chi connectivity index (χ1) is 9.46. The minimum Gasteiger partial charge on any atom is -0.370 e. The van der Waals surface area contributed by atoms with E-state index >= 15 is 0 Å². The first-order valence-corrected chi connectivity index (χ1v) is 7.65. The molecule has 0 aromatic carbocycles. The smallest absolute Gasteiger partial charge is 0.129 e. The summed E-state index contributed by atoms with van der Waals surface area (Å²) in [5.74, 6) is 1.32. The first kappa shape index (κ1) is 18.8. The van der Waals surface area contributed by atoms with Crippen molar-refractivity contribution in [2.24, 2.45) is 10.9 Å².